The molecule has 1 aliphatic heterocycles. The fourth-order valence-electron chi connectivity index (χ4n) is 4.92. The molecular weight excluding hydrogens is 591 g/mol. The van der Waals surface area contributed by atoms with E-state index in [2.05, 4.69) is 38.5 Å². The van der Waals surface area contributed by atoms with Gasteiger partial charge in [0.1, 0.15) is 5.54 Å². The van der Waals surface area contributed by atoms with Crippen LogP contribution >= 0.6 is 0 Å². The Labute approximate surface area is 258 Å². The predicted molar refractivity (Wildman–Crippen MR) is 164 cm³/mol. The topological polar surface area (TPSA) is 130 Å². The number of nitrogens with zero attached hydrogens (tertiary/aromatic N) is 5. The number of pyridine rings is 1. The number of rotatable bonds is 5. The van der Waals surface area contributed by atoms with Crippen molar-refractivity contribution in [2.24, 2.45) is 11.7 Å². The third-order valence-corrected chi connectivity index (χ3v) is 8.97. The lowest BCUT2D eigenvalue weighted by Gasteiger charge is -2.28. The molecule has 3 aromatic rings. The fraction of sp³-hybridized carbons (Fsp3) is 0.484. The van der Waals surface area contributed by atoms with Gasteiger partial charge in [0.05, 0.1) is 12.3 Å². The first-order valence-electron chi connectivity index (χ1n) is 14.8. The molecule has 1 aromatic carbocycles. The highest BCUT2D eigenvalue weighted by Crippen LogP contribution is 2.38. The Morgan fingerprint density at radius 2 is 1.75 bits per heavy atom. The molecule has 44 heavy (non-hydrogen) atoms. The highest BCUT2D eigenvalue weighted by Gasteiger charge is 2.46. The van der Waals surface area contributed by atoms with Gasteiger partial charge in [-0.25, -0.2) is 22.8 Å². The molecule has 2 aliphatic carbocycles. The minimum absolute atomic E-state index is 0.187. The standard InChI is InChI=1S/C18H17FN4OS.C11H14F2N2O.C2H7N/c19-17-2-1-7-20-18(17)23-13-15(12-21-23)14-3-5-16(6-4-14)22-8-10-25(24)11-9-22;12-11(13)3-1-8(2-4-11)9(16)15-10(7-14)5-6-10;1-2-3/h1-7,12-13H,8-11H2;8H,1-6H2,(H,15,16);2-3H2,1H3. The van der Waals surface area contributed by atoms with Gasteiger partial charge in [-0.15, -0.1) is 0 Å². The fourth-order valence-corrected chi connectivity index (χ4v) is 5.98. The summed E-state index contributed by atoms with van der Waals surface area (Å²) in [6, 6.07) is 13.1. The maximum Gasteiger partial charge on any atom is 0.248 e. The van der Waals surface area contributed by atoms with Crippen molar-refractivity contribution in [2.75, 3.05) is 36.0 Å². The molecule has 2 saturated carbocycles. The third-order valence-electron chi connectivity index (χ3n) is 7.70. The first kappa shape index (κ1) is 33.1. The molecule has 0 bridgehead atoms. The number of nitrogens with two attached hydrogens (primary N) is 1. The highest BCUT2D eigenvalue weighted by molar-refractivity contribution is 7.85. The van der Waals surface area contributed by atoms with Gasteiger partial charge in [0.25, 0.3) is 0 Å². The van der Waals surface area contributed by atoms with E-state index in [1.54, 1.807) is 24.7 Å². The normalized spacial score (nSPS) is 19.0. The lowest BCUT2D eigenvalue weighted by Crippen LogP contribution is -2.42. The molecule has 6 rings (SSSR count). The van der Waals surface area contributed by atoms with E-state index in [1.165, 1.54) is 10.7 Å². The molecule has 3 fully saturated rings. The van der Waals surface area contributed by atoms with Crippen LogP contribution in [0.3, 0.4) is 0 Å². The van der Waals surface area contributed by atoms with E-state index < -0.39 is 28.1 Å². The summed E-state index contributed by atoms with van der Waals surface area (Å²) in [5.41, 5.74) is 7.20. The van der Waals surface area contributed by atoms with Gasteiger partial charge in [-0.2, -0.15) is 10.4 Å². The second-order valence-corrected chi connectivity index (χ2v) is 12.8. The summed E-state index contributed by atoms with van der Waals surface area (Å²) in [4.78, 5) is 18.0. The molecule has 1 saturated heterocycles. The monoisotopic (exact) mass is 629 g/mol. The Morgan fingerprint density at radius 3 is 2.32 bits per heavy atom. The number of anilines is 1. The van der Waals surface area contributed by atoms with Crippen LogP contribution in [0.5, 0.6) is 0 Å². The molecule has 13 heteroatoms. The summed E-state index contributed by atoms with van der Waals surface area (Å²) in [5, 5.41) is 15.7. The molecule has 3 heterocycles. The second kappa shape index (κ2) is 14.8. The molecule has 2 aromatic heterocycles. The summed E-state index contributed by atoms with van der Waals surface area (Å²) >= 11 is 0. The van der Waals surface area contributed by atoms with Crippen molar-refractivity contribution in [1.82, 2.24) is 20.1 Å². The molecule has 3 aliphatic rings. The van der Waals surface area contributed by atoms with Crippen LogP contribution < -0.4 is 16.0 Å². The number of aromatic nitrogens is 3. The molecule has 0 atom stereocenters. The minimum Gasteiger partial charge on any atom is -0.370 e. The van der Waals surface area contributed by atoms with E-state index in [0.29, 0.717) is 12.8 Å². The predicted octanol–water partition coefficient (Wildman–Crippen LogP) is 4.59. The summed E-state index contributed by atoms with van der Waals surface area (Å²) in [5.74, 6) is -1.95. The molecule has 0 spiro atoms. The highest BCUT2D eigenvalue weighted by atomic mass is 32.2. The Morgan fingerprint density at radius 1 is 1.11 bits per heavy atom. The lowest BCUT2D eigenvalue weighted by molar-refractivity contribution is -0.129. The zero-order chi connectivity index (χ0) is 31.7. The van der Waals surface area contributed by atoms with E-state index in [4.69, 9.17) is 11.0 Å². The second-order valence-electron chi connectivity index (χ2n) is 11.1. The van der Waals surface area contributed by atoms with E-state index in [9.17, 15) is 22.2 Å². The first-order chi connectivity index (χ1) is 21.1. The van der Waals surface area contributed by atoms with Crippen molar-refractivity contribution in [3.63, 3.8) is 0 Å². The number of alkyl halides is 2. The average molecular weight is 630 g/mol. The van der Waals surface area contributed by atoms with Crippen LogP contribution in [0.4, 0.5) is 18.9 Å². The average Bonchev–Trinajstić information content (AvgIpc) is 3.62. The maximum absolute atomic E-state index is 13.8. The summed E-state index contributed by atoms with van der Waals surface area (Å²) in [6.45, 7) is 4.30. The van der Waals surface area contributed by atoms with Crippen LogP contribution in [-0.4, -0.2) is 67.5 Å². The molecule has 236 valence electrons. The van der Waals surface area contributed by atoms with Gasteiger partial charge in [-0.1, -0.05) is 19.1 Å². The van der Waals surface area contributed by atoms with Crippen LogP contribution in [0, 0.1) is 23.1 Å². The largest absolute Gasteiger partial charge is 0.370 e. The van der Waals surface area contributed by atoms with Crippen LogP contribution in [0.2, 0.25) is 0 Å². The summed E-state index contributed by atoms with van der Waals surface area (Å²) in [6.07, 6.45) is 6.38. The molecule has 9 nitrogen and oxygen atoms in total. The third kappa shape index (κ3) is 8.89. The molecule has 1 amide bonds. The summed E-state index contributed by atoms with van der Waals surface area (Å²) in [7, 11) is -0.676. The number of hydrogen-bond donors (Lipinski definition) is 2. The number of nitrogens with one attached hydrogen (secondary N) is 1. The maximum atomic E-state index is 13.8. The SMILES string of the molecule is CCN.N#CC1(NC(=O)C2CCC(F)(F)CC2)CC1.O=S1CCN(c2ccc(-c3cnn(-c4ncccc4F)c3)cc2)CC1. The van der Waals surface area contributed by atoms with Crippen molar-refractivity contribution in [3.05, 3.63) is 60.8 Å². The number of carbonyl (C=O) groups is 1. The number of nitriles is 1. The first-order valence-corrected chi connectivity index (χ1v) is 16.2. The van der Waals surface area contributed by atoms with Crippen molar-refractivity contribution < 1.29 is 22.2 Å². The van der Waals surface area contributed by atoms with Crippen molar-refractivity contribution in [1.29, 1.82) is 5.26 Å². The molecule has 0 radical (unpaired) electrons. The minimum atomic E-state index is -2.61. The Balaban J connectivity index is 0.000000200. The van der Waals surface area contributed by atoms with Gasteiger partial charge >= 0.3 is 0 Å². The Bertz CT molecular complexity index is 1450. The number of carbonyl (C=O) groups excluding carboxylic acids is 1. The number of hydrogen-bond acceptors (Lipinski definition) is 7. The van der Waals surface area contributed by atoms with Crippen LogP contribution in [0.25, 0.3) is 16.9 Å². The van der Waals surface area contributed by atoms with E-state index in [0.717, 1.165) is 48.0 Å². The van der Waals surface area contributed by atoms with Crippen molar-refractivity contribution >= 4 is 22.4 Å². The van der Waals surface area contributed by atoms with E-state index >= 15 is 0 Å². The number of halogens is 3. The zero-order valence-electron chi connectivity index (χ0n) is 24.7. The Kier molecular flexibility index (Phi) is 11.2. The summed E-state index contributed by atoms with van der Waals surface area (Å²) < 4.78 is 52.5. The number of amides is 1. The van der Waals surface area contributed by atoms with E-state index in [-0.39, 0.29) is 43.3 Å². The van der Waals surface area contributed by atoms with Gasteiger partial charge in [0.15, 0.2) is 11.6 Å². The molecular formula is C31H38F3N7O2S. The van der Waals surface area contributed by atoms with Gasteiger partial charge in [-0.3, -0.25) is 9.00 Å². The van der Waals surface area contributed by atoms with Crippen molar-refractivity contribution in [3.8, 4) is 23.0 Å². The lowest BCUT2D eigenvalue weighted by atomic mass is 9.86. The zero-order valence-corrected chi connectivity index (χ0v) is 25.5. The van der Waals surface area contributed by atoms with Crippen molar-refractivity contribution in [2.45, 2.75) is 56.9 Å². The van der Waals surface area contributed by atoms with Crippen LogP contribution in [0.1, 0.15) is 45.4 Å². The Hall–Kier alpha value is -3.76. The smallest absolute Gasteiger partial charge is 0.248 e. The van der Waals surface area contributed by atoms with E-state index in [1.807, 2.05) is 19.1 Å². The van der Waals surface area contributed by atoms with Crippen LogP contribution in [-0.2, 0) is 15.6 Å². The van der Waals surface area contributed by atoms with Gasteiger partial charge in [0, 0.05) is 77.8 Å². The molecule has 0 unspecified atom stereocenters. The van der Waals surface area contributed by atoms with Gasteiger partial charge < -0.3 is 16.0 Å². The van der Waals surface area contributed by atoms with Crippen LogP contribution in [0.15, 0.2) is 55.0 Å². The van der Waals surface area contributed by atoms with Gasteiger partial charge in [-0.05, 0) is 62.1 Å². The number of benzene rings is 1. The van der Waals surface area contributed by atoms with Gasteiger partial charge in [0.2, 0.25) is 11.8 Å². The quantitative estimate of drug-likeness (QED) is 0.422. The molecule has 3 N–H and O–H groups in total.